The molecule has 0 spiro atoms. The first-order valence-corrected chi connectivity index (χ1v) is 7.65. The van der Waals surface area contributed by atoms with Crippen LogP contribution in [0.2, 0.25) is 0 Å². The van der Waals surface area contributed by atoms with Crippen LogP contribution in [0.4, 0.5) is 0 Å². The zero-order valence-corrected chi connectivity index (χ0v) is 12.3. The van der Waals surface area contributed by atoms with Gasteiger partial charge in [-0.2, -0.15) is 0 Å². The second-order valence-electron chi connectivity index (χ2n) is 4.41. The van der Waals surface area contributed by atoms with Crippen LogP contribution in [0.5, 0.6) is 0 Å². The molecule has 0 fully saturated rings. The maximum absolute atomic E-state index is 6.01. The van der Waals surface area contributed by atoms with E-state index in [1.807, 2.05) is 18.2 Å². The molecule has 0 aliphatic heterocycles. The number of halogens is 1. The molecule has 0 amide bonds. The summed E-state index contributed by atoms with van der Waals surface area (Å²) in [7, 11) is 0. The molecule has 19 heavy (non-hydrogen) atoms. The molecule has 4 rings (SSSR count). The van der Waals surface area contributed by atoms with E-state index in [9.17, 15) is 0 Å². The summed E-state index contributed by atoms with van der Waals surface area (Å²) in [6.45, 7) is 0. The predicted octanol–water partition coefficient (Wildman–Crippen LogP) is 6.08. The van der Waals surface area contributed by atoms with Crippen molar-refractivity contribution in [1.82, 2.24) is 0 Å². The van der Waals surface area contributed by atoms with Crippen LogP contribution in [0.15, 0.2) is 62.8 Å². The summed E-state index contributed by atoms with van der Waals surface area (Å²) in [5, 5.41) is 4.58. The molecule has 3 heteroatoms. The maximum Gasteiger partial charge on any atom is 0.154 e. The van der Waals surface area contributed by atoms with E-state index in [0.717, 1.165) is 15.6 Å². The highest BCUT2D eigenvalue weighted by Gasteiger charge is 2.13. The van der Waals surface area contributed by atoms with Gasteiger partial charge in [0.15, 0.2) is 5.58 Å². The van der Waals surface area contributed by atoms with Crippen molar-refractivity contribution in [1.29, 1.82) is 0 Å². The first-order chi connectivity index (χ1) is 9.33. The Bertz CT molecular complexity index is 871. The molecule has 0 saturated carbocycles. The summed E-state index contributed by atoms with van der Waals surface area (Å²) in [5.74, 6) is 0. The van der Waals surface area contributed by atoms with Crippen molar-refractivity contribution in [2.24, 2.45) is 0 Å². The van der Waals surface area contributed by atoms with Crippen LogP contribution in [0.1, 0.15) is 0 Å². The lowest BCUT2D eigenvalue weighted by Gasteiger charge is -1.97. The Hall–Kier alpha value is -1.58. The number of furan rings is 1. The van der Waals surface area contributed by atoms with Gasteiger partial charge in [-0.1, -0.05) is 46.3 Å². The summed E-state index contributed by atoms with van der Waals surface area (Å²) in [6, 6.07) is 16.5. The molecular weight excluding hydrogens is 320 g/mol. The molecule has 0 radical (unpaired) electrons. The third kappa shape index (κ3) is 1.73. The van der Waals surface area contributed by atoms with Crippen molar-refractivity contribution in [3.8, 4) is 10.4 Å². The number of thiophene rings is 1. The van der Waals surface area contributed by atoms with Crippen LogP contribution in [0.3, 0.4) is 0 Å². The van der Waals surface area contributed by atoms with E-state index >= 15 is 0 Å². The number of benzene rings is 2. The Morgan fingerprint density at radius 1 is 0.895 bits per heavy atom. The van der Waals surface area contributed by atoms with Crippen LogP contribution < -0.4 is 0 Å². The van der Waals surface area contributed by atoms with Crippen molar-refractivity contribution in [2.45, 2.75) is 0 Å². The topological polar surface area (TPSA) is 13.1 Å². The van der Waals surface area contributed by atoms with Gasteiger partial charge in [0.2, 0.25) is 0 Å². The second-order valence-corrected chi connectivity index (χ2v) is 6.21. The molecule has 0 N–H and O–H groups in total. The summed E-state index contributed by atoms with van der Waals surface area (Å²) in [5.41, 5.74) is 3.15. The molecule has 92 valence electrons. The van der Waals surface area contributed by atoms with Gasteiger partial charge in [0.1, 0.15) is 5.58 Å². The minimum Gasteiger partial charge on any atom is -0.455 e. The van der Waals surface area contributed by atoms with Crippen molar-refractivity contribution >= 4 is 49.2 Å². The lowest BCUT2D eigenvalue weighted by atomic mass is 10.1. The molecule has 2 aromatic carbocycles. The highest BCUT2D eigenvalue weighted by atomic mass is 79.9. The first-order valence-electron chi connectivity index (χ1n) is 5.97. The third-order valence-corrected chi connectivity index (χ3v) is 4.78. The van der Waals surface area contributed by atoms with Crippen LogP contribution in [-0.2, 0) is 0 Å². The molecule has 1 nitrogen and oxygen atoms in total. The highest BCUT2D eigenvalue weighted by molar-refractivity contribution is 9.10. The Morgan fingerprint density at radius 3 is 2.53 bits per heavy atom. The minimum absolute atomic E-state index is 0.957. The largest absolute Gasteiger partial charge is 0.455 e. The van der Waals surface area contributed by atoms with Gasteiger partial charge < -0.3 is 4.42 Å². The Balaban J connectivity index is 2.02. The highest BCUT2D eigenvalue weighted by Crippen LogP contribution is 2.40. The average Bonchev–Trinajstić information content (AvgIpc) is 2.98. The lowest BCUT2D eigenvalue weighted by molar-refractivity contribution is 0.671. The summed E-state index contributed by atoms with van der Waals surface area (Å²) < 4.78 is 7.10. The molecule has 0 unspecified atom stereocenters. The van der Waals surface area contributed by atoms with Gasteiger partial charge in [-0.05, 0) is 23.8 Å². The van der Waals surface area contributed by atoms with Crippen LogP contribution >= 0.6 is 27.3 Å². The normalized spacial score (nSPS) is 11.4. The van der Waals surface area contributed by atoms with Crippen LogP contribution in [0, 0.1) is 0 Å². The van der Waals surface area contributed by atoms with Gasteiger partial charge in [-0.25, -0.2) is 0 Å². The van der Waals surface area contributed by atoms with Gasteiger partial charge in [-0.15, -0.1) is 11.3 Å². The molecule has 0 saturated heterocycles. The van der Waals surface area contributed by atoms with Crippen LogP contribution in [-0.4, -0.2) is 0 Å². The molecule has 4 aromatic rings. The number of hydrogen-bond donors (Lipinski definition) is 0. The van der Waals surface area contributed by atoms with E-state index in [1.165, 1.54) is 21.2 Å². The van der Waals surface area contributed by atoms with Gasteiger partial charge in [0.25, 0.3) is 0 Å². The van der Waals surface area contributed by atoms with E-state index in [0.29, 0.717) is 0 Å². The van der Waals surface area contributed by atoms with Gasteiger partial charge >= 0.3 is 0 Å². The zero-order valence-electron chi connectivity index (χ0n) is 9.89. The number of fused-ring (bicyclic) bond motifs is 3. The number of hydrogen-bond acceptors (Lipinski definition) is 2. The summed E-state index contributed by atoms with van der Waals surface area (Å²) >= 11 is 5.20. The summed E-state index contributed by atoms with van der Waals surface area (Å²) in [6.07, 6.45) is 0. The molecule has 0 aliphatic rings. The third-order valence-electron chi connectivity index (χ3n) is 3.24. The van der Waals surface area contributed by atoms with E-state index in [2.05, 4.69) is 51.6 Å². The number of para-hydroxylation sites is 1. The van der Waals surface area contributed by atoms with Gasteiger partial charge in [-0.3, -0.25) is 0 Å². The van der Waals surface area contributed by atoms with Crippen molar-refractivity contribution in [2.75, 3.05) is 0 Å². The van der Waals surface area contributed by atoms with E-state index in [-0.39, 0.29) is 0 Å². The van der Waals surface area contributed by atoms with Gasteiger partial charge in [0.05, 0.1) is 4.88 Å². The monoisotopic (exact) mass is 328 g/mol. The summed E-state index contributed by atoms with van der Waals surface area (Å²) in [4.78, 5) is 1.19. The standard InChI is InChI=1S/C16H9BrOS/c17-11-7-5-10(6-8-11)16-15-13(9-19-16)12-3-1-2-4-14(12)18-15/h1-9H. The molecule has 0 atom stereocenters. The Kier molecular flexibility index (Phi) is 2.50. The smallest absolute Gasteiger partial charge is 0.154 e. The Morgan fingerprint density at radius 2 is 1.68 bits per heavy atom. The maximum atomic E-state index is 6.01. The average molecular weight is 329 g/mol. The minimum atomic E-state index is 0.957. The number of rotatable bonds is 1. The van der Waals surface area contributed by atoms with Crippen LogP contribution in [0.25, 0.3) is 32.4 Å². The molecular formula is C16H9BrOS. The van der Waals surface area contributed by atoms with Gasteiger partial charge in [0, 0.05) is 20.6 Å². The fourth-order valence-corrected chi connectivity index (χ4v) is 3.59. The molecule has 0 bridgehead atoms. The predicted molar refractivity (Wildman–Crippen MR) is 84.7 cm³/mol. The lowest BCUT2D eigenvalue weighted by Crippen LogP contribution is -1.71. The zero-order chi connectivity index (χ0) is 12.8. The van der Waals surface area contributed by atoms with E-state index in [1.54, 1.807) is 11.3 Å². The molecule has 0 aliphatic carbocycles. The second kappa shape index (κ2) is 4.22. The fraction of sp³-hybridized carbons (Fsp3) is 0. The fourth-order valence-electron chi connectivity index (χ4n) is 2.32. The molecule has 2 aromatic heterocycles. The van der Waals surface area contributed by atoms with Crippen molar-refractivity contribution in [3.05, 3.63) is 58.4 Å². The Labute approximate surface area is 122 Å². The SMILES string of the molecule is Brc1ccc(-c2scc3c2oc2ccccc23)cc1. The van der Waals surface area contributed by atoms with Crippen molar-refractivity contribution in [3.63, 3.8) is 0 Å². The first kappa shape index (κ1) is 11.3. The quantitative estimate of drug-likeness (QED) is 0.413. The van der Waals surface area contributed by atoms with E-state index in [4.69, 9.17) is 4.42 Å². The van der Waals surface area contributed by atoms with E-state index < -0.39 is 0 Å². The van der Waals surface area contributed by atoms with Crippen molar-refractivity contribution < 1.29 is 4.42 Å². The molecule has 2 heterocycles.